The second-order valence-electron chi connectivity index (χ2n) is 7.52. The molecule has 0 spiro atoms. The van der Waals surface area contributed by atoms with Crippen LogP contribution in [0, 0.1) is 0 Å². The molecule has 0 amide bonds. The number of pyridine rings is 1. The topological polar surface area (TPSA) is 46.6 Å². The molecule has 170 valence electrons. The van der Waals surface area contributed by atoms with E-state index in [1.807, 2.05) is 24.3 Å². The molecule has 1 aliphatic rings. The zero-order chi connectivity index (χ0) is 22.6. The van der Waals surface area contributed by atoms with Crippen molar-refractivity contribution in [3.63, 3.8) is 0 Å². The molecule has 0 atom stereocenters. The van der Waals surface area contributed by atoms with Crippen LogP contribution in [-0.2, 0) is 10.9 Å². The largest absolute Gasteiger partial charge is 0.494 e. The highest BCUT2D eigenvalue weighted by atomic mass is 35.5. The second kappa shape index (κ2) is 9.94. The Morgan fingerprint density at radius 2 is 1.88 bits per heavy atom. The van der Waals surface area contributed by atoms with Crippen molar-refractivity contribution in [2.75, 3.05) is 44.8 Å². The number of halogens is 4. The van der Waals surface area contributed by atoms with Crippen molar-refractivity contribution in [3.8, 4) is 5.75 Å². The van der Waals surface area contributed by atoms with Crippen LogP contribution in [0.1, 0.15) is 12.0 Å². The average Bonchev–Trinajstić information content (AvgIpc) is 2.78. The van der Waals surface area contributed by atoms with E-state index in [1.54, 1.807) is 6.07 Å². The van der Waals surface area contributed by atoms with Crippen molar-refractivity contribution >= 4 is 34.0 Å². The van der Waals surface area contributed by atoms with Gasteiger partial charge < -0.3 is 14.8 Å². The lowest BCUT2D eigenvalue weighted by atomic mass is 10.2. The Morgan fingerprint density at radius 1 is 1.06 bits per heavy atom. The normalized spacial score (nSPS) is 15.1. The molecule has 0 radical (unpaired) electrons. The van der Waals surface area contributed by atoms with Gasteiger partial charge in [0.2, 0.25) is 0 Å². The Labute approximate surface area is 189 Å². The number of rotatable bonds is 7. The van der Waals surface area contributed by atoms with Gasteiger partial charge in [-0.05, 0) is 55.0 Å². The number of aromatic nitrogens is 1. The molecule has 0 bridgehead atoms. The van der Waals surface area contributed by atoms with Gasteiger partial charge in [0.1, 0.15) is 11.6 Å². The molecule has 1 saturated heterocycles. The molecule has 0 aliphatic carbocycles. The van der Waals surface area contributed by atoms with Crippen LogP contribution in [0.3, 0.4) is 0 Å². The molecule has 32 heavy (non-hydrogen) atoms. The summed E-state index contributed by atoms with van der Waals surface area (Å²) >= 11 is 5.68. The van der Waals surface area contributed by atoms with Crippen molar-refractivity contribution in [1.29, 1.82) is 0 Å². The molecule has 4 rings (SSSR count). The van der Waals surface area contributed by atoms with E-state index < -0.39 is 11.7 Å². The van der Waals surface area contributed by atoms with E-state index in [-0.39, 0.29) is 10.7 Å². The van der Waals surface area contributed by atoms with E-state index in [1.165, 1.54) is 12.1 Å². The van der Waals surface area contributed by atoms with E-state index in [0.29, 0.717) is 17.9 Å². The predicted molar refractivity (Wildman–Crippen MR) is 119 cm³/mol. The first kappa shape index (κ1) is 22.6. The number of nitrogens with one attached hydrogen (secondary N) is 1. The van der Waals surface area contributed by atoms with E-state index in [2.05, 4.69) is 15.2 Å². The van der Waals surface area contributed by atoms with Crippen LogP contribution < -0.4 is 10.1 Å². The number of hydrogen-bond acceptors (Lipinski definition) is 5. The fourth-order valence-corrected chi connectivity index (χ4v) is 3.76. The van der Waals surface area contributed by atoms with Gasteiger partial charge in [-0.15, -0.1) is 0 Å². The number of hydrogen-bond donors (Lipinski definition) is 1. The zero-order valence-electron chi connectivity index (χ0n) is 17.3. The summed E-state index contributed by atoms with van der Waals surface area (Å²) in [6.07, 6.45) is -3.59. The first-order valence-corrected chi connectivity index (χ1v) is 10.7. The Kier molecular flexibility index (Phi) is 7.03. The van der Waals surface area contributed by atoms with Gasteiger partial charge >= 0.3 is 6.18 Å². The van der Waals surface area contributed by atoms with Gasteiger partial charge in [-0.2, -0.15) is 13.2 Å². The van der Waals surface area contributed by atoms with Gasteiger partial charge in [-0.25, -0.2) is 4.98 Å². The third kappa shape index (κ3) is 5.82. The van der Waals surface area contributed by atoms with Crippen LogP contribution in [0.5, 0.6) is 5.75 Å². The monoisotopic (exact) mass is 465 g/mol. The van der Waals surface area contributed by atoms with Crippen LogP contribution in [-0.4, -0.2) is 49.3 Å². The summed E-state index contributed by atoms with van der Waals surface area (Å²) in [6.45, 7) is 5.10. The molecule has 1 aromatic heterocycles. The quantitative estimate of drug-likeness (QED) is 0.450. The molecular formula is C23H23ClF3N3O2. The highest BCUT2D eigenvalue weighted by Gasteiger charge is 2.33. The van der Waals surface area contributed by atoms with E-state index in [4.69, 9.17) is 21.1 Å². The van der Waals surface area contributed by atoms with Crippen molar-refractivity contribution in [2.45, 2.75) is 12.6 Å². The highest BCUT2D eigenvalue weighted by molar-refractivity contribution is 6.31. The zero-order valence-corrected chi connectivity index (χ0v) is 18.0. The molecule has 1 aliphatic heterocycles. The number of fused-ring (bicyclic) bond motifs is 1. The van der Waals surface area contributed by atoms with Crippen LogP contribution in [0.15, 0.2) is 48.5 Å². The fourth-order valence-electron chi connectivity index (χ4n) is 3.53. The Bertz CT molecular complexity index is 1070. The van der Waals surface area contributed by atoms with Gasteiger partial charge in [0, 0.05) is 30.7 Å². The summed E-state index contributed by atoms with van der Waals surface area (Å²) in [5, 5.41) is 3.45. The summed E-state index contributed by atoms with van der Waals surface area (Å²) < 4.78 is 50.4. The summed E-state index contributed by atoms with van der Waals surface area (Å²) in [7, 11) is 0. The Balaban J connectivity index is 1.37. The third-order valence-corrected chi connectivity index (χ3v) is 5.53. The maximum absolute atomic E-state index is 13.1. The van der Waals surface area contributed by atoms with Gasteiger partial charge in [0.15, 0.2) is 0 Å². The SMILES string of the molecule is FC(F)(F)c1cc(Nc2ccc3cc(OCCCN4CCOCC4)ccc3n2)ccc1Cl. The number of alkyl halides is 3. The lowest BCUT2D eigenvalue weighted by Crippen LogP contribution is -2.37. The van der Waals surface area contributed by atoms with Gasteiger partial charge in [-0.1, -0.05) is 11.6 Å². The lowest BCUT2D eigenvalue weighted by molar-refractivity contribution is -0.137. The smallest absolute Gasteiger partial charge is 0.417 e. The van der Waals surface area contributed by atoms with E-state index in [9.17, 15) is 13.2 Å². The summed E-state index contributed by atoms with van der Waals surface area (Å²) in [5.74, 6) is 1.20. The molecule has 3 aromatic rings. The summed E-state index contributed by atoms with van der Waals surface area (Å²) in [5.41, 5.74) is 0.0786. The van der Waals surface area contributed by atoms with Crippen molar-refractivity contribution in [1.82, 2.24) is 9.88 Å². The predicted octanol–water partition coefficient (Wildman–Crippen LogP) is 5.75. The van der Waals surface area contributed by atoms with Crippen LogP contribution in [0.4, 0.5) is 24.7 Å². The third-order valence-electron chi connectivity index (χ3n) is 5.20. The Hall–Kier alpha value is -2.55. The minimum Gasteiger partial charge on any atom is -0.494 e. The Morgan fingerprint density at radius 3 is 2.66 bits per heavy atom. The molecule has 9 heteroatoms. The first-order chi connectivity index (χ1) is 15.4. The molecule has 2 aromatic carbocycles. The minimum absolute atomic E-state index is 0.258. The average molecular weight is 466 g/mol. The van der Waals surface area contributed by atoms with E-state index in [0.717, 1.165) is 56.5 Å². The van der Waals surface area contributed by atoms with Crippen LogP contribution >= 0.6 is 11.6 Å². The second-order valence-corrected chi connectivity index (χ2v) is 7.93. The number of ether oxygens (including phenoxy) is 2. The van der Waals surface area contributed by atoms with Crippen LogP contribution in [0.25, 0.3) is 10.9 Å². The van der Waals surface area contributed by atoms with Crippen LogP contribution in [0.2, 0.25) is 5.02 Å². The number of benzene rings is 2. The van der Waals surface area contributed by atoms with Crippen molar-refractivity contribution in [2.24, 2.45) is 0 Å². The standard InChI is InChI=1S/C23H23ClF3N3O2/c24-20-5-3-17(15-19(20)23(25,26)27)28-22-7-2-16-14-18(4-6-21(16)29-22)32-11-1-8-30-9-12-31-13-10-30/h2-7,14-15H,1,8-13H2,(H,28,29). The van der Waals surface area contributed by atoms with Gasteiger partial charge in [0.05, 0.1) is 35.9 Å². The lowest BCUT2D eigenvalue weighted by Gasteiger charge is -2.26. The van der Waals surface area contributed by atoms with Crippen molar-refractivity contribution < 1.29 is 22.6 Å². The maximum atomic E-state index is 13.1. The number of nitrogens with zero attached hydrogens (tertiary/aromatic N) is 2. The molecule has 2 heterocycles. The fraction of sp³-hybridized carbons (Fsp3) is 0.348. The van der Waals surface area contributed by atoms with E-state index >= 15 is 0 Å². The van der Waals surface area contributed by atoms with Gasteiger partial charge in [0.25, 0.3) is 0 Å². The first-order valence-electron chi connectivity index (χ1n) is 10.4. The maximum Gasteiger partial charge on any atom is 0.417 e. The number of morpholine rings is 1. The molecule has 1 fully saturated rings. The molecule has 0 saturated carbocycles. The highest BCUT2D eigenvalue weighted by Crippen LogP contribution is 2.36. The number of anilines is 2. The summed E-state index contributed by atoms with van der Waals surface area (Å²) in [4.78, 5) is 6.85. The minimum atomic E-state index is -4.52. The van der Waals surface area contributed by atoms with Crippen molar-refractivity contribution in [3.05, 3.63) is 59.1 Å². The molecule has 0 unspecified atom stereocenters. The molecular weight excluding hydrogens is 443 g/mol. The molecule has 5 nitrogen and oxygen atoms in total. The molecule has 1 N–H and O–H groups in total. The summed E-state index contributed by atoms with van der Waals surface area (Å²) in [6, 6.07) is 12.8. The van der Waals surface area contributed by atoms with Gasteiger partial charge in [-0.3, -0.25) is 4.90 Å².